The lowest BCUT2D eigenvalue weighted by molar-refractivity contribution is -0.131. The van der Waals surface area contributed by atoms with Crippen LogP contribution in [-0.2, 0) is 23.8 Å². The van der Waals surface area contributed by atoms with Crippen molar-refractivity contribution in [3.63, 3.8) is 0 Å². The molecule has 0 rings (SSSR count). The third-order valence-electron chi connectivity index (χ3n) is 3.79. The molecule has 7 heteroatoms. The lowest BCUT2D eigenvalue weighted by Gasteiger charge is -2.29. The van der Waals surface area contributed by atoms with Crippen LogP contribution in [0.25, 0.3) is 0 Å². The molecule has 0 heterocycles. The molecule has 0 aliphatic rings. The summed E-state index contributed by atoms with van der Waals surface area (Å²) in [5.41, 5.74) is -1.10. The van der Waals surface area contributed by atoms with Crippen molar-refractivity contribution in [2.75, 3.05) is 39.5 Å². The van der Waals surface area contributed by atoms with E-state index in [1.54, 1.807) is 0 Å². The monoisotopic (exact) mass is 416 g/mol. The summed E-state index contributed by atoms with van der Waals surface area (Å²) >= 11 is 0. The van der Waals surface area contributed by atoms with Gasteiger partial charge in [-0.25, -0.2) is 0 Å². The van der Waals surface area contributed by atoms with Gasteiger partial charge in [0.1, 0.15) is 13.2 Å². The van der Waals surface area contributed by atoms with Crippen molar-refractivity contribution >= 4 is 11.8 Å². The molecule has 2 N–H and O–H groups in total. The highest BCUT2D eigenvalue weighted by Gasteiger charge is 2.24. The van der Waals surface area contributed by atoms with E-state index in [4.69, 9.17) is 14.2 Å². The summed E-state index contributed by atoms with van der Waals surface area (Å²) in [7, 11) is 0. The summed E-state index contributed by atoms with van der Waals surface area (Å²) in [6, 6.07) is 0. The minimum absolute atomic E-state index is 0.0477. The summed E-state index contributed by atoms with van der Waals surface area (Å²) < 4.78 is 16.8. The number of nitrogens with one attached hydrogen (secondary N) is 2. The normalized spacial score (nSPS) is 13.3. The van der Waals surface area contributed by atoms with E-state index >= 15 is 0 Å². The zero-order valence-electron chi connectivity index (χ0n) is 20.3. The third-order valence-corrected chi connectivity index (χ3v) is 3.79. The minimum Gasteiger partial charge on any atom is -0.380 e. The fourth-order valence-electron chi connectivity index (χ4n) is 2.05. The molecule has 0 radical (unpaired) electrons. The summed E-state index contributed by atoms with van der Waals surface area (Å²) in [6.45, 7) is 21.7. The number of rotatable bonds is 12. The van der Waals surface area contributed by atoms with Crippen LogP contribution in [0.3, 0.4) is 0 Å². The van der Waals surface area contributed by atoms with Crippen molar-refractivity contribution < 1.29 is 23.8 Å². The Kier molecular flexibility index (Phi) is 10.8. The lowest BCUT2D eigenvalue weighted by Crippen LogP contribution is -2.42. The van der Waals surface area contributed by atoms with E-state index in [2.05, 4.69) is 10.6 Å². The van der Waals surface area contributed by atoms with Gasteiger partial charge in [0.2, 0.25) is 11.8 Å². The highest BCUT2D eigenvalue weighted by molar-refractivity contribution is 5.77. The van der Waals surface area contributed by atoms with Crippen molar-refractivity contribution in [1.29, 1.82) is 0 Å². The SMILES string of the molecule is CC(C)(CNC(=O)COC(C)(C)C)COCC(C)(C)CNC(=O)COC(C)(C)C. The first kappa shape index (κ1) is 27.8. The highest BCUT2D eigenvalue weighted by Crippen LogP contribution is 2.19. The molecule has 0 unspecified atom stereocenters. The standard InChI is InChI=1S/C22H44N2O5/c1-19(2,3)28-11-17(25)23-13-21(7,8)15-27-16-22(9,10)14-24-18(26)12-29-20(4,5)6/h11-16H2,1-10H3,(H,23,25)(H,24,26). The second-order valence-corrected chi connectivity index (χ2v) is 11.2. The molecular formula is C22H44N2O5. The van der Waals surface area contributed by atoms with Gasteiger partial charge in [0.25, 0.3) is 0 Å². The first-order valence-electron chi connectivity index (χ1n) is 10.3. The van der Waals surface area contributed by atoms with Crippen molar-refractivity contribution in [3.8, 4) is 0 Å². The van der Waals surface area contributed by atoms with Gasteiger partial charge in [-0.2, -0.15) is 0 Å². The molecule has 2 amide bonds. The maximum absolute atomic E-state index is 11.9. The van der Waals surface area contributed by atoms with Crippen molar-refractivity contribution in [2.45, 2.75) is 80.4 Å². The van der Waals surface area contributed by atoms with Crippen LogP contribution in [0, 0.1) is 10.8 Å². The molecular weight excluding hydrogens is 372 g/mol. The molecule has 7 nitrogen and oxygen atoms in total. The van der Waals surface area contributed by atoms with Gasteiger partial charge in [-0.15, -0.1) is 0 Å². The van der Waals surface area contributed by atoms with Gasteiger partial charge in [-0.3, -0.25) is 9.59 Å². The average molecular weight is 417 g/mol. The Bertz CT molecular complexity index is 470. The van der Waals surface area contributed by atoms with Gasteiger partial charge in [0, 0.05) is 23.9 Å². The van der Waals surface area contributed by atoms with Gasteiger partial charge < -0.3 is 24.8 Å². The van der Waals surface area contributed by atoms with E-state index in [-0.39, 0.29) is 47.1 Å². The predicted octanol–water partition coefficient (Wildman–Crippen LogP) is 2.92. The van der Waals surface area contributed by atoms with Crippen LogP contribution >= 0.6 is 0 Å². The van der Waals surface area contributed by atoms with Crippen LogP contribution in [0.5, 0.6) is 0 Å². The van der Waals surface area contributed by atoms with Crippen molar-refractivity contribution in [3.05, 3.63) is 0 Å². The van der Waals surface area contributed by atoms with Gasteiger partial charge in [-0.05, 0) is 41.5 Å². The zero-order chi connectivity index (χ0) is 22.9. The molecule has 172 valence electrons. The minimum atomic E-state index is -0.337. The lowest BCUT2D eigenvalue weighted by atomic mass is 9.93. The molecule has 0 aromatic carbocycles. The van der Waals surface area contributed by atoms with E-state index in [0.717, 1.165) is 0 Å². The summed E-state index contributed by atoms with van der Waals surface area (Å²) in [4.78, 5) is 23.8. The molecule has 29 heavy (non-hydrogen) atoms. The summed E-state index contributed by atoms with van der Waals surface area (Å²) in [6.07, 6.45) is 0. The summed E-state index contributed by atoms with van der Waals surface area (Å²) in [5, 5.41) is 5.79. The highest BCUT2D eigenvalue weighted by atomic mass is 16.5. The Morgan fingerprint density at radius 3 is 1.21 bits per heavy atom. The van der Waals surface area contributed by atoms with Gasteiger partial charge in [-0.1, -0.05) is 27.7 Å². The molecule has 0 aromatic rings. The Hall–Kier alpha value is -1.18. The molecule has 0 bridgehead atoms. The topological polar surface area (TPSA) is 85.9 Å². The van der Waals surface area contributed by atoms with Gasteiger partial charge >= 0.3 is 0 Å². The molecule has 0 saturated heterocycles. The molecule has 0 aliphatic heterocycles. The zero-order valence-corrected chi connectivity index (χ0v) is 20.3. The smallest absolute Gasteiger partial charge is 0.246 e. The molecule has 0 aromatic heterocycles. The first-order valence-corrected chi connectivity index (χ1v) is 10.3. The van der Waals surface area contributed by atoms with Crippen LogP contribution < -0.4 is 10.6 Å². The van der Waals surface area contributed by atoms with Crippen molar-refractivity contribution in [2.24, 2.45) is 10.8 Å². The van der Waals surface area contributed by atoms with Crippen LogP contribution in [-0.4, -0.2) is 62.5 Å². The van der Waals surface area contributed by atoms with Crippen LogP contribution in [0.2, 0.25) is 0 Å². The van der Waals surface area contributed by atoms with Gasteiger partial charge in [0.15, 0.2) is 0 Å². The van der Waals surface area contributed by atoms with Crippen LogP contribution in [0.4, 0.5) is 0 Å². The number of hydrogen-bond acceptors (Lipinski definition) is 5. The average Bonchev–Trinajstić information content (AvgIpc) is 2.53. The molecule has 0 spiro atoms. The van der Waals surface area contributed by atoms with E-state index in [9.17, 15) is 9.59 Å². The molecule has 0 saturated carbocycles. The number of carbonyl (C=O) groups is 2. The third kappa shape index (κ3) is 17.4. The van der Waals surface area contributed by atoms with Gasteiger partial charge in [0.05, 0.1) is 24.4 Å². The predicted molar refractivity (Wildman–Crippen MR) is 116 cm³/mol. The Morgan fingerprint density at radius 1 is 0.621 bits per heavy atom. The van der Waals surface area contributed by atoms with E-state index < -0.39 is 0 Å². The number of hydrogen-bond donors (Lipinski definition) is 2. The Labute approximate surface area is 177 Å². The largest absolute Gasteiger partial charge is 0.380 e. The second-order valence-electron chi connectivity index (χ2n) is 11.2. The second kappa shape index (κ2) is 11.3. The summed E-state index contributed by atoms with van der Waals surface area (Å²) in [5.74, 6) is -0.262. The van der Waals surface area contributed by atoms with Crippen molar-refractivity contribution in [1.82, 2.24) is 10.6 Å². The molecule has 0 aliphatic carbocycles. The fourth-order valence-corrected chi connectivity index (χ4v) is 2.05. The maximum atomic E-state index is 11.9. The number of carbonyl (C=O) groups excluding carboxylic acids is 2. The van der Waals surface area contributed by atoms with E-state index in [1.165, 1.54) is 0 Å². The Balaban J connectivity index is 4.16. The fraction of sp³-hybridized carbons (Fsp3) is 0.909. The van der Waals surface area contributed by atoms with Crippen LogP contribution in [0.1, 0.15) is 69.2 Å². The quantitative estimate of drug-likeness (QED) is 0.511. The first-order chi connectivity index (χ1) is 12.9. The van der Waals surface area contributed by atoms with E-state index in [0.29, 0.717) is 26.3 Å². The number of ether oxygens (including phenoxy) is 3. The molecule has 0 fully saturated rings. The Morgan fingerprint density at radius 2 is 0.931 bits per heavy atom. The maximum Gasteiger partial charge on any atom is 0.246 e. The van der Waals surface area contributed by atoms with E-state index in [1.807, 2.05) is 69.2 Å². The number of amides is 2. The molecule has 0 atom stereocenters. The van der Waals surface area contributed by atoms with Crippen LogP contribution in [0.15, 0.2) is 0 Å².